The smallest absolute Gasteiger partial charge is 0.107 e. The first kappa shape index (κ1) is 18.5. The summed E-state index contributed by atoms with van der Waals surface area (Å²) in [6.07, 6.45) is 0.926. The Morgan fingerprint density at radius 1 is 1.19 bits per heavy atom. The lowest BCUT2D eigenvalue weighted by atomic mass is 10.2. The van der Waals surface area contributed by atoms with Crippen molar-refractivity contribution in [2.24, 2.45) is 5.92 Å². The van der Waals surface area contributed by atoms with E-state index in [4.69, 9.17) is 14.2 Å². The molecule has 0 aliphatic heterocycles. The minimum Gasteiger partial charge on any atom is -0.385 e. The van der Waals surface area contributed by atoms with E-state index in [1.54, 1.807) is 18.4 Å². The minimum absolute atomic E-state index is 0.558. The van der Waals surface area contributed by atoms with Crippen LogP contribution in [0.15, 0.2) is 5.38 Å². The summed E-state index contributed by atoms with van der Waals surface area (Å²) in [6.45, 7) is 9.51. The number of aromatic nitrogens is 1. The molecule has 1 N–H and O–H groups in total. The van der Waals surface area contributed by atoms with Gasteiger partial charge in [-0.3, -0.25) is 0 Å². The summed E-state index contributed by atoms with van der Waals surface area (Å²) in [4.78, 5) is 4.54. The number of rotatable bonds is 13. The molecule has 0 fully saturated rings. The highest BCUT2D eigenvalue weighted by molar-refractivity contribution is 7.09. The first-order chi connectivity index (χ1) is 10.2. The molecule has 6 heteroatoms. The van der Waals surface area contributed by atoms with Crippen LogP contribution >= 0.6 is 11.3 Å². The quantitative estimate of drug-likeness (QED) is 0.567. The topological polar surface area (TPSA) is 52.6 Å². The minimum atomic E-state index is 0.558. The average Bonchev–Trinajstić information content (AvgIpc) is 2.89. The Kier molecular flexibility index (Phi) is 10.6. The zero-order valence-electron chi connectivity index (χ0n) is 13.4. The van der Waals surface area contributed by atoms with Crippen molar-refractivity contribution in [3.8, 4) is 0 Å². The standard InChI is InChI=1S/C15H28N2O3S/c1-13(2)9-16-10-15-17-14(12-21-15)11-20-8-7-19-6-4-5-18-3/h12-13,16H,4-11H2,1-3H3. The molecule has 0 aliphatic carbocycles. The Morgan fingerprint density at radius 2 is 2.00 bits per heavy atom. The molecule has 21 heavy (non-hydrogen) atoms. The van der Waals surface area contributed by atoms with Gasteiger partial charge in [-0.1, -0.05) is 13.8 Å². The third-order valence-corrected chi connectivity index (χ3v) is 3.58. The molecule has 0 aromatic carbocycles. The normalized spacial score (nSPS) is 11.4. The molecule has 0 unspecified atom stereocenters. The predicted molar refractivity (Wildman–Crippen MR) is 85.6 cm³/mol. The highest BCUT2D eigenvalue weighted by Crippen LogP contribution is 2.10. The maximum absolute atomic E-state index is 5.55. The van der Waals surface area contributed by atoms with Crippen LogP contribution in [0.2, 0.25) is 0 Å². The van der Waals surface area contributed by atoms with Crippen molar-refractivity contribution in [3.63, 3.8) is 0 Å². The molecule has 1 aromatic heterocycles. The fraction of sp³-hybridized carbons (Fsp3) is 0.800. The van der Waals surface area contributed by atoms with E-state index in [0.29, 0.717) is 25.7 Å². The van der Waals surface area contributed by atoms with Crippen LogP contribution in [-0.2, 0) is 27.4 Å². The molecule has 1 rings (SSSR count). The van der Waals surface area contributed by atoms with Crippen molar-refractivity contribution in [1.82, 2.24) is 10.3 Å². The van der Waals surface area contributed by atoms with Crippen LogP contribution in [0.5, 0.6) is 0 Å². The van der Waals surface area contributed by atoms with Crippen LogP contribution in [0, 0.1) is 5.92 Å². The van der Waals surface area contributed by atoms with Crippen LogP contribution in [0.25, 0.3) is 0 Å². The highest BCUT2D eigenvalue weighted by atomic mass is 32.1. The largest absolute Gasteiger partial charge is 0.385 e. The van der Waals surface area contributed by atoms with Crippen molar-refractivity contribution in [2.45, 2.75) is 33.4 Å². The van der Waals surface area contributed by atoms with E-state index < -0.39 is 0 Å². The van der Waals surface area contributed by atoms with E-state index in [-0.39, 0.29) is 0 Å². The third-order valence-electron chi connectivity index (χ3n) is 2.69. The first-order valence-electron chi connectivity index (χ1n) is 7.50. The molecule has 5 nitrogen and oxygen atoms in total. The molecule has 0 radical (unpaired) electrons. The summed E-state index contributed by atoms with van der Waals surface area (Å²) < 4.78 is 15.9. The lowest BCUT2D eigenvalue weighted by molar-refractivity contribution is 0.0328. The number of hydrogen-bond donors (Lipinski definition) is 1. The number of methoxy groups -OCH3 is 1. The van der Waals surface area contributed by atoms with E-state index in [9.17, 15) is 0 Å². The second kappa shape index (κ2) is 12.1. The third kappa shape index (κ3) is 9.92. The van der Waals surface area contributed by atoms with E-state index >= 15 is 0 Å². The molecule has 0 aliphatic rings. The summed E-state index contributed by atoms with van der Waals surface area (Å²) in [5, 5.41) is 6.57. The Balaban J connectivity index is 2.01. The van der Waals surface area contributed by atoms with E-state index in [0.717, 1.165) is 43.4 Å². The van der Waals surface area contributed by atoms with Crippen molar-refractivity contribution >= 4 is 11.3 Å². The van der Waals surface area contributed by atoms with Gasteiger partial charge >= 0.3 is 0 Å². The Morgan fingerprint density at radius 3 is 2.76 bits per heavy atom. The maximum atomic E-state index is 5.55. The van der Waals surface area contributed by atoms with Crippen LogP contribution < -0.4 is 5.32 Å². The molecule has 0 saturated carbocycles. The van der Waals surface area contributed by atoms with Crippen molar-refractivity contribution in [2.75, 3.05) is 40.1 Å². The zero-order valence-corrected chi connectivity index (χ0v) is 14.2. The van der Waals surface area contributed by atoms with Gasteiger partial charge < -0.3 is 19.5 Å². The summed E-state index contributed by atoms with van der Waals surface area (Å²) in [5.74, 6) is 0.664. The fourth-order valence-electron chi connectivity index (χ4n) is 1.67. The van der Waals surface area contributed by atoms with Crippen LogP contribution in [0.1, 0.15) is 31.0 Å². The second-order valence-corrected chi connectivity index (χ2v) is 6.21. The second-order valence-electron chi connectivity index (χ2n) is 5.27. The van der Waals surface area contributed by atoms with Gasteiger partial charge in [0.05, 0.1) is 25.5 Å². The van der Waals surface area contributed by atoms with E-state index in [1.807, 2.05) is 0 Å². The zero-order chi connectivity index (χ0) is 15.3. The maximum Gasteiger partial charge on any atom is 0.107 e. The monoisotopic (exact) mass is 316 g/mol. The molecule has 0 amide bonds. The van der Waals surface area contributed by atoms with Crippen molar-refractivity contribution in [1.29, 1.82) is 0 Å². The van der Waals surface area contributed by atoms with Gasteiger partial charge in [0.2, 0.25) is 0 Å². The number of ether oxygens (including phenoxy) is 3. The van der Waals surface area contributed by atoms with Gasteiger partial charge in [0.15, 0.2) is 0 Å². The lowest BCUT2D eigenvalue weighted by Gasteiger charge is -2.05. The Labute approximate surface area is 132 Å². The summed E-state index contributed by atoms with van der Waals surface area (Å²) >= 11 is 1.68. The lowest BCUT2D eigenvalue weighted by Crippen LogP contribution is -2.18. The van der Waals surface area contributed by atoms with Crippen molar-refractivity contribution < 1.29 is 14.2 Å². The molecular weight excluding hydrogens is 288 g/mol. The number of nitrogens with one attached hydrogen (secondary N) is 1. The molecule has 0 saturated heterocycles. The van der Waals surface area contributed by atoms with Crippen LogP contribution in [0.3, 0.4) is 0 Å². The molecule has 1 aromatic rings. The molecule has 0 bridgehead atoms. The molecule has 1 heterocycles. The van der Waals surface area contributed by atoms with E-state index in [2.05, 4.69) is 29.5 Å². The van der Waals surface area contributed by atoms with Gasteiger partial charge in [-0.25, -0.2) is 4.98 Å². The van der Waals surface area contributed by atoms with Gasteiger partial charge in [-0.15, -0.1) is 11.3 Å². The molecule has 122 valence electrons. The predicted octanol–water partition coefficient (Wildman–Crippen LogP) is 2.46. The SMILES string of the molecule is COCCCOCCOCc1csc(CNCC(C)C)n1. The summed E-state index contributed by atoms with van der Waals surface area (Å²) in [6, 6.07) is 0. The van der Waals surface area contributed by atoms with Crippen LogP contribution in [-0.4, -0.2) is 45.1 Å². The average molecular weight is 316 g/mol. The van der Waals surface area contributed by atoms with Gasteiger partial charge in [0, 0.05) is 32.2 Å². The number of thiazole rings is 1. The molecule has 0 spiro atoms. The fourth-order valence-corrected chi connectivity index (χ4v) is 2.41. The number of hydrogen-bond acceptors (Lipinski definition) is 6. The van der Waals surface area contributed by atoms with Gasteiger partial charge in [0.25, 0.3) is 0 Å². The molecular formula is C15H28N2O3S. The summed E-state index contributed by atoms with van der Waals surface area (Å²) in [5.41, 5.74) is 1.00. The van der Waals surface area contributed by atoms with Crippen molar-refractivity contribution in [3.05, 3.63) is 16.1 Å². The number of nitrogens with zero attached hydrogens (tertiary/aromatic N) is 1. The Hall–Kier alpha value is -0.530. The molecule has 0 atom stereocenters. The van der Waals surface area contributed by atoms with E-state index in [1.165, 1.54) is 0 Å². The van der Waals surface area contributed by atoms with Gasteiger partial charge in [0.1, 0.15) is 5.01 Å². The first-order valence-corrected chi connectivity index (χ1v) is 8.38. The Bertz CT molecular complexity index is 358. The van der Waals surface area contributed by atoms with Crippen LogP contribution in [0.4, 0.5) is 0 Å². The highest BCUT2D eigenvalue weighted by Gasteiger charge is 2.02. The van der Waals surface area contributed by atoms with Gasteiger partial charge in [-0.05, 0) is 18.9 Å². The van der Waals surface area contributed by atoms with Gasteiger partial charge in [-0.2, -0.15) is 0 Å². The summed E-state index contributed by atoms with van der Waals surface area (Å²) in [7, 11) is 1.70.